The molecular formula is C15H12N4O. The lowest BCUT2D eigenvalue weighted by molar-refractivity contribution is 0.0948. The summed E-state index contributed by atoms with van der Waals surface area (Å²) in [4.78, 5) is 16.3. The lowest BCUT2D eigenvalue weighted by Crippen LogP contribution is -2.15. The maximum absolute atomic E-state index is 12.3. The van der Waals surface area contributed by atoms with Gasteiger partial charge in [0.1, 0.15) is 5.82 Å². The SMILES string of the molecule is Nc1cc(-c2cccnc2)nn1C(=O)c1ccccc1. The van der Waals surface area contributed by atoms with Gasteiger partial charge in [0.15, 0.2) is 0 Å². The second kappa shape index (κ2) is 4.97. The van der Waals surface area contributed by atoms with Gasteiger partial charge in [-0.1, -0.05) is 18.2 Å². The molecule has 0 radical (unpaired) electrons. The average molecular weight is 264 g/mol. The number of aromatic nitrogens is 3. The zero-order valence-electron chi connectivity index (χ0n) is 10.6. The number of hydrogen-bond acceptors (Lipinski definition) is 4. The Morgan fingerprint density at radius 2 is 1.90 bits per heavy atom. The molecule has 5 nitrogen and oxygen atoms in total. The Bertz CT molecular complexity index is 735. The number of benzene rings is 1. The number of rotatable bonds is 2. The molecule has 0 aliphatic carbocycles. The molecule has 2 aromatic heterocycles. The van der Waals surface area contributed by atoms with E-state index in [1.807, 2.05) is 18.2 Å². The van der Waals surface area contributed by atoms with Crippen LogP contribution in [0.25, 0.3) is 11.3 Å². The lowest BCUT2D eigenvalue weighted by Gasteiger charge is -2.02. The van der Waals surface area contributed by atoms with Gasteiger partial charge in [-0.15, -0.1) is 0 Å². The maximum Gasteiger partial charge on any atom is 0.280 e. The van der Waals surface area contributed by atoms with Crippen LogP contribution in [0.1, 0.15) is 10.4 Å². The van der Waals surface area contributed by atoms with Crippen LogP contribution in [0.15, 0.2) is 60.9 Å². The summed E-state index contributed by atoms with van der Waals surface area (Å²) in [6.45, 7) is 0. The Kier molecular flexibility index (Phi) is 3.01. The third-order valence-electron chi connectivity index (χ3n) is 2.91. The van der Waals surface area contributed by atoms with Gasteiger partial charge in [-0.05, 0) is 24.3 Å². The monoisotopic (exact) mass is 264 g/mol. The molecule has 0 aliphatic rings. The Morgan fingerprint density at radius 1 is 1.10 bits per heavy atom. The van der Waals surface area contributed by atoms with Gasteiger partial charge in [0.05, 0.1) is 5.69 Å². The fourth-order valence-corrected chi connectivity index (χ4v) is 1.92. The second-order valence-corrected chi connectivity index (χ2v) is 4.28. The number of nitrogens with two attached hydrogens (primary N) is 1. The summed E-state index contributed by atoms with van der Waals surface area (Å²) < 4.78 is 1.21. The van der Waals surface area contributed by atoms with Crippen molar-refractivity contribution in [3.63, 3.8) is 0 Å². The predicted molar refractivity (Wildman–Crippen MR) is 76.0 cm³/mol. The summed E-state index contributed by atoms with van der Waals surface area (Å²) in [6.07, 6.45) is 3.36. The van der Waals surface area contributed by atoms with Crippen LogP contribution in [0.5, 0.6) is 0 Å². The molecule has 20 heavy (non-hydrogen) atoms. The Labute approximate surface area is 115 Å². The first kappa shape index (κ1) is 12.1. The van der Waals surface area contributed by atoms with Crippen molar-refractivity contribution in [2.75, 3.05) is 5.73 Å². The molecule has 2 heterocycles. The minimum Gasteiger partial charge on any atom is -0.383 e. The van der Waals surface area contributed by atoms with E-state index in [1.165, 1.54) is 4.68 Å². The quantitative estimate of drug-likeness (QED) is 0.770. The summed E-state index contributed by atoms with van der Waals surface area (Å²) in [7, 11) is 0. The fraction of sp³-hybridized carbons (Fsp3) is 0. The highest BCUT2D eigenvalue weighted by atomic mass is 16.2. The highest BCUT2D eigenvalue weighted by molar-refractivity contribution is 5.97. The number of carbonyl (C=O) groups excluding carboxylic acids is 1. The molecule has 0 bridgehead atoms. The normalized spacial score (nSPS) is 10.4. The molecule has 0 saturated heterocycles. The van der Waals surface area contributed by atoms with Crippen LogP contribution in [0.4, 0.5) is 5.82 Å². The number of carbonyl (C=O) groups is 1. The molecule has 3 rings (SSSR count). The van der Waals surface area contributed by atoms with E-state index in [4.69, 9.17) is 5.73 Å². The van der Waals surface area contributed by atoms with Crippen LogP contribution in [0.2, 0.25) is 0 Å². The average Bonchev–Trinajstić information content (AvgIpc) is 2.90. The van der Waals surface area contributed by atoms with Crippen LogP contribution in [-0.4, -0.2) is 20.7 Å². The molecule has 2 N–H and O–H groups in total. The highest BCUT2D eigenvalue weighted by Crippen LogP contribution is 2.19. The summed E-state index contributed by atoms with van der Waals surface area (Å²) in [5, 5.41) is 4.26. The van der Waals surface area contributed by atoms with E-state index in [9.17, 15) is 4.79 Å². The standard InChI is InChI=1S/C15H12N4O/c16-14-9-13(12-7-4-8-17-10-12)18-19(14)15(20)11-5-2-1-3-6-11/h1-10H,16H2. The van der Waals surface area contributed by atoms with Crippen LogP contribution < -0.4 is 5.73 Å². The van der Waals surface area contributed by atoms with E-state index in [0.717, 1.165) is 5.56 Å². The Morgan fingerprint density at radius 3 is 2.60 bits per heavy atom. The summed E-state index contributed by atoms with van der Waals surface area (Å²) in [6, 6.07) is 14.3. The number of nitrogens with zero attached hydrogens (tertiary/aromatic N) is 3. The van der Waals surface area contributed by atoms with Gasteiger partial charge >= 0.3 is 0 Å². The second-order valence-electron chi connectivity index (χ2n) is 4.28. The van der Waals surface area contributed by atoms with E-state index < -0.39 is 0 Å². The van der Waals surface area contributed by atoms with Crippen molar-refractivity contribution in [3.8, 4) is 11.3 Å². The first-order valence-corrected chi connectivity index (χ1v) is 6.11. The van der Waals surface area contributed by atoms with Crippen molar-refractivity contribution < 1.29 is 4.79 Å². The van der Waals surface area contributed by atoms with Crippen LogP contribution in [0, 0.1) is 0 Å². The molecule has 5 heteroatoms. The van der Waals surface area contributed by atoms with E-state index >= 15 is 0 Å². The smallest absolute Gasteiger partial charge is 0.280 e. The topological polar surface area (TPSA) is 73.8 Å². The largest absolute Gasteiger partial charge is 0.383 e. The van der Waals surface area contributed by atoms with Crippen molar-refractivity contribution in [3.05, 3.63) is 66.5 Å². The van der Waals surface area contributed by atoms with Crippen molar-refractivity contribution in [2.45, 2.75) is 0 Å². The van der Waals surface area contributed by atoms with Crippen molar-refractivity contribution >= 4 is 11.7 Å². The van der Waals surface area contributed by atoms with Gasteiger partial charge in [-0.3, -0.25) is 9.78 Å². The van der Waals surface area contributed by atoms with Crippen molar-refractivity contribution in [2.24, 2.45) is 0 Å². The van der Waals surface area contributed by atoms with Crippen LogP contribution in [-0.2, 0) is 0 Å². The zero-order chi connectivity index (χ0) is 13.9. The van der Waals surface area contributed by atoms with Gasteiger partial charge in [0.25, 0.3) is 5.91 Å². The first-order valence-electron chi connectivity index (χ1n) is 6.11. The Balaban J connectivity index is 2.00. The minimum atomic E-state index is -0.252. The minimum absolute atomic E-state index is 0.252. The lowest BCUT2D eigenvalue weighted by atomic mass is 10.2. The van der Waals surface area contributed by atoms with Crippen molar-refractivity contribution in [1.82, 2.24) is 14.8 Å². The number of anilines is 1. The van der Waals surface area contributed by atoms with E-state index in [2.05, 4.69) is 10.1 Å². The van der Waals surface area contributed by atoms with Gasteiger partial charge in [-0.25, -0.2) is 0 Å². The summed E-state index contributed by atoms with van der Waals surface area (Å²) in [5.41, 5.74) is 7.86. The molecule has 0 spiro atoms. The predicted octanol–water partition coefficient (Wildman–Crippen LogP) is 2.22. The maximum atomic E-state index is 12.3. The first-order chi connectivity index (χ1) is 9.75. The van der Waals surface area contributed by atoms with Crippen molar-refractivity contribution in [1.29, 1.82) is 0 Å². The molecule has 0 saturated carbocycles. The third-order valence-corrected chi connectivity index (χ3v) is 2.91. The molecule has 1 aromatic carbocycles. The molecule has 3 aromatic rings. The van der Waals surface area contributed by atoms with Crippen LogP contribution >= 0.6 is 0 Å². The molecule has 0 aliphatic heterocycles. The molecule has 98 valence electrons. The van der Waals surface area contributed by atoms with E-state index in [0.29, 0.717) is 17.1 Å². The van der Waals surface area contributed by atoms with Gasteiger partial charge in [-0.2, -0.15) is 9.78 Å². The van der Waals surface area contributed by atoms with E-state index in [-0.39, 0.29) is 5.91 Å². The van der Waals surface area contributed by atoms with Gasteiger partial charge < -0.3 is 5.73 Å². The fourth-order valence-electron chi connectivity index (χ4n) is 1.92. The number of hydrogen-bond donors (Lipinski definition) is 1. The molecule has 0 unspecified atom stereocenters. The molecule has 0 atom stereocenters. The zero-order valence-corrected chi connectivity index (χ0v) is 10.6. The Hall–Kier alpha value is -2.95. The molecule has 0 amide bonds. The highest BCUT2D eigenvalue weighted by Gasteiger charge is 2.14. The third kappa shape index (κ3) is 2.16. The van der Waals surface area contributed by atoms with Gasteiger partial charge in [0.2, 0.25) is 0 Å². The van der Waals surface area contributed by atoms with E-state index in [1.54, 1.807) is 42.7 Å². The molecule has 0 fully saturated rings. The van der Waals surface area contributed by atoms with Crippen LogP contribution in [0.3, 0.4) is 0 Å². The summed E-state index contributed by atoms with van der Waals surface area (Å²) in [5.74, 6) is 0.0518. The number of nitrogen functional groups attached to an aromatic ring is 1. The van der Waals surface area contributed by atoms with Gasteiger partial charge in [0, 0.05) is 29.6 Å². The summed E-state index contributed by atoms with van der Waals surface area (Å²) >= 11 is 0. The number of pyridine rings is 1. The molecular weight excluding hydrogens is 252 g/mol.